The number of carbonyl (C=O) groups is 2. The fraction of sp³-hybridized carbons (Fsp3) is 0.560. The van der Waals surface area contributed by atoms with Crippen LogP contribution >= 0.6 is 0 Å². The number of piperidine rings is 1. The van der Waals surface area contributed by atoms with Gasteiger partial charge in [-0.2, -0.15) is 0 Å². The molecule has 0 radical (unpaired) electrons. The van der Waals surface area contributed by atoms with E-state index in [0.717, 1.165) is 62.0 Å². The molecule has 1 N–H and O–H groups in total. The molecule has 8 heteroatoms. The minimum absolute atomic E-state index is 0.0910. The molecule has 0 bridgehead atoms. The second-order valence-electron chi connectivity index (χ2n) is 9.58. The van der Waals surface area contributed by atoms with Crippen LogP contribution in [0, 0.1) is 12.8 Å². The Hall–Kier alpha value is -3.03. The molecule has 1 aliphatic carbocycles. The quantitative estimate of drug-likeness (QED) is 0.707. The summed E-state index contributed by atoms with van der Waals surface area (Å²) in [6.07, 6.45) is 12.0. The van der Waals surface area contributed by atoms with Gasteiger partial charge >= 0.3 is 5.97 Å². The van der Waals surface area contributed by atoms with Crippen LogP contribution in [0.15, 0.2) is 30.7 Å². The molecule has 2 aromatic rings. The summed E-state index contributed by atoms with van der Waals surface area (Å²) in [5.41, 5.74) is 1.42. The van der Waals surface area contributed by atoms with Gasteiger partial charge in [0.05, 0.1) is 24.2 Å². The van der Waals surface area contributed by atoms with Crippen molar-refractivity contribution in [3.05, 3.63) is 42.0 Å². The Labute approximate surface area is 194 Å². The molecule has 1 atom stereocenters. The number of hydrogen-bond donors (Lipinski definition) is 1. The highest BCUT2D eigenvalue weighted by Gasteiger charge is 2.53. The molecule has 2 aromatic heterocycles. The molecule has 1 amide bonds. The smallest absolute Gasteiger partial charge is 0.307 e. The van der Waals surface area contributed by atoms with Gasteiger partial charge in [0.15, 0.2) is 0 Å². The van der Waals surface area contributed by atoms with Gasteiger partial charge in [-0.1, -0.05) is 12.5 Å². The Kier molecular flexibility index (Phi) is 6.00. The van der Waals surface area contributed by atoms with Crippen molar-refractivity contribution in [3.63, 3.8) is 0 Å². The summed E-state index contributed by atoms with van der Waals surface area (Å²) in [4.78, 5) is 41.0. The molecule has 0 aromatic carbocycles. The van der Waals surface area contributed by atoms with Crippen molar-refractivity contribution in [3.8, 4) is 0 Å². The topological polar surface area (TPSA) is 97.3 Å². The van der Waals surface area contributed by atoms with Gasteiger partial charge in [-0.05, 0) is 57.1 Å². The van der Waals surface area contributed by atoms with Gasteiger partial charge in [-0.15, -0.1) is 0 Å². The van der Waals surface area contributed by atoms with Crippen LogP contribution in [0.1, 0.15) is 68.5 Å². The number of anilines is 2. The fourth-order valence-electron chi connectivity index (χ4n) is 5.60. The van der Waals surface area contributed by atoms with E-state index in [0.29, 0.717) is 18.9 Å². The lowest BCUT2D eigenvalue weighted by molar-refractivity contribution is -0.156. The number of likely N-dealkylation sites (tertiary alicyclic amines) is 1. The number of rotatable bonds is 4. The number of hydrogen-bond acceptors (Lipinski definition) is 7. The van der Waals surface area contributed by atoms with Gasteiger partial charge in [0, 0.05) is 31.4 Å². The Bertz CT molecular complexity index is 1030. The summed E-state index contributed by atoms with van der Waals surface area (Å²) in [5.74, 6) is 1.25. The lowest BCUT2D eigenvalue weighted by atomic mass is 9.75. The number of pyridine rings is 1. The molecular formula is C25H31N5O3. The van der Waals surface area contributed by atoms with Crippen LogP contribution in [0.5, 0.6) is 0 Å². The minimum Gasteiger partial charge on any atom is -0.458 e. The first kappa shape index (κ1) is 21.8. The van der Waals surface area contributed by atoms with Gasteiger partial charge in [0.25, 0.3) is 0 Å². The highest BCUT2D eigenvalue weighted by Crippen LogP contribution is 2.45. The zero-order valence-electron chi connectivity index (χ0n) is 19.1. The van der Waals surface area contributed by atoms with E-state index < -0.39 is 5.60 Å². The first-order chi connectivity index (χ1) is 16.0. The summed E-state index contributed by atoms with van der Waals surface area (Å²) in [7, 11) is 0. The summed E-state index contributed by atoms with van der Waals surface area (Å²) >= 11 is 0. The largest absolute Gasteiger partial charge is 0.458 e. The fourth-order valence-corrected chi connectivity index (χ4v) is 5.60. The molecule has 33 heavy (non-hydrogen) atoms. The first-order valence-corrected chi connectivity index (χ1v) is 12.1. The van der Waals surface area contributed by atoms with E-state index in [1.165, 1.54) is 0 Å². The SMILES string of the molecule is Cc1cccnc1Nc1cncc(C2CCN(C(=O)[C@H]3CC(=O)OC34CCCCC4)CC2)n1. The molecule has 2 aliphatic heterocycles. The number of esters is 1. The van der Waals surface area contributed by atoms with Crippen LogP contribution in [0.2, 0.25) is 0 Å². The number of aromatic nitrogens is 3. The maximum atomic E-state index is 13.4. The van der Waals surface area contributed by atoms with Crippen molar-refractivity contribution in [2.45, 2.75) is 69.8 Å². The second kappa shape index (κ2) is 9.08. The number of nitrogens with one attached hydrogen (secondary N) is 1. The Morgan fingerprint density at radius 1 is 1.18 bits per heavy atom. The van der Waals surface area contributed by atoms with Crippen LogP contribution in [0.4, 0.5) is 11.6 Å². The molecule has 4 heterocycles. The van der Waals surface area contributed by atoms with E-state index in [9.17, 15) is 9.59 Å². The third kappa shape index (κ3) is 4.43. The highest BCUT2D eigenvalue weighted by molar-refractivity contribution is 5.88. The molecule has 2 saturated heterocycles. The summed E-state index contributed by atoms with van der Waals surface area (Å²) in [5, 5.41) is 3.26. The van der Waals surface area contributed by atoms with Gasteiger partial charge in [0.1, 0.15) is 17.2 Å². The third-order valence-corrected chi connectivity index (χ3v) is 7.45. The maximum Gasteiger partial charge on any atom is 0.307 e. The molecule has 5 rings (SSSR count). The second-order valence-corrected chi connectivity index (χ2v) is 9.58. The predicted octanol–water partition coefficient (Wildman–Crippen LogP) is 3.90. The lowest BCUT2D eigenvalue weighted by Gasteiger charge is -2.39. The van der Waals surface area contributed by atoms with Gasteiger partial charge in [-0.25, -0.2) is 9.97 Å². The van der Waals surface area contributed by atoms with Crippen molar-refractivity contribution in [1.29, 1.82) is 0 Å². The molecule has 3 aliphatic rings. The molecule has 174 valence electrons. The number of nitrogens with zero attached hydrogens (tertiary/aromatic N) is 4. The molecule has 0 unspecified atom stereocenters. The Balaban J connectivity index is 1.23. The van der Waals surface area contributed by atoms with Crippen LogP contribution in [0.25, 0.3) is 0 Å². The number of amides is 1. The van der Waals surface area contributed by atoms with E-state index in [1.54, 1.807) is 12.4 Å². The monoisotopic (exact) mass is 449 g/mol. The first-order valence-electron chi connectivity index (χ1n) is 12.1. The van der Waals surface area contributed by atoms with E-state index in [2.05, 4.69) is 15.3 Å². The van der Waals surface area contributed by atoms with E-state index in [-0.39, 0.29) is 30.1 Å². The highest BCUT2D eigenvalue weighted by atomic mass is 16.6. The van der Waals surface area contributed by atoms with Gasteiger partial charge in [0.2, 0.25) is 5.91 Å². The minimum atomic E-state index is -0.557. The maximum absolute atomic E-state index is 13.4. The average molecular weight is 450 g/mol. The van der Waals surface area contributed by atoms with Crippen LogP contribution in [-0.2, 0) is 14.3 Å². The predicted molar refractivity (Wildman–Crippen MR) is 123 cm³/mol. The molecule has 1 spiro atoms. The van der Waals surface area contributed by atoms with Crippen molar-refractivity contribution in [2.24, 2.45) is 5.92 Å². The van der Waals surface area contributed by atoms with Crippen molar-refractivity contribution < 1.29 is 14.3 Å². The summed E-state index contributed by atoms with van der Waals surface area (Å²) < 4.78 is 5.76. The van der Waals surface area contributed by atoms with Crippen molar-refractivity contribution in [1.82, 2.24) is 19.9 Å². The number of carbonyl (C=O) groups excluding carboxylic acids is 2. The molecular weight excluding hydrogens is 418 g/mol. The summed E-state index contributed by atoms with van der Waals surface area (Å²) in [6, 6.07) is 3.90. The summed E-state index contributed by atoms with van der Waals surface area (Å²) in [6.45, 7) is 3.34. The van der Waals surface area contributed by atoms with Gasteiger partial charge in [-0.3, -0.25) is 14.6 Å². The Morgan fingerprint density at radius 2 is 1.97 bits per heavy atom. The standard InChI is InChI=1S/C25H31N5O3/c1-17-6-5-11-27-23(17)29-21-16-26-15-20(28-21)18-7-12-30(13-8-18)24(32)19-14-22(31)33-25(19)9-3-2-4-10-25/h5-6,11,15-16,18-19H,2-4,7-10,12-14H2,1H3,(H,27,28,29)/t19-/m1/s1. The van der Waals surface area contributed by atoms with E-state index in [4.69, 9.17) is 9.72 Å². The van der Waals surface area contributed by atoms with Crippen LogP contribution in [0.3, 0.4) is 0 Å². The normalized spacial score (nSPS) is 22.9. The number of ether oxygens (including phenoxy) is 1. The van der Waals surface area contributed by atoms with Crippen molar-refractivity contribution >= 4 is 23.5 Å². The van der Waals surface area contributed by atoms with E-state index in [1.807, 2.05) is 30.2 Å². The lowest BCUT2D eigenvalue weighted by Crippen LogP contribution is -2.49. The molecule has 1 saturated carbocycles. The van der Waals surface area contributed by atoms with Crippen LogP contribution in [-0.4, -0.2) is 50.4 Å². The Morgan fingerprint density at radius 3 is 2.73 bits per heavy atom. The average Bonchev–Trinajstić information content (AvgIpc) is 3.15. The van der Waals surface area contributed by atoms with E-state index >= 15 is 0 Å². The van der Waals surface area contributed by atoms with Crippen LogP contribution < -0.4 is 5.32 Å². The zero-order valence-corrected chi connectivity index (χ0v) is 19.1. The third-order valence-electron chi connectivity index (χ3n) is 7.45. The zero-order chi connectivity index (χ0) is 22.8. The van der Waals surface area contributed by atoms with Crippen molar-refractivity contribution in [2.75, 3.05) is 18.4 Å². The molecule has 3 fully saturated rings. The van der Waals surface area contributed by atoms with Gasteiger partial charge < -0.3 is 15.0 Å². The molecule has 8 nitrogen and oxygen atoms in total. The number of aryl methyl sites for hydroxylation is 1.